The van der Waals surface area contributed by atoms with Crippen molar-refractivity contribution >= 4 is 17.2 Å². The van der Waals surface area contributed by atoms with Crippen molar-refractivity contribution in [3.8, 4) is 0 Å². The summed E-state index contributed by atoms with van der Waals surface area (Å²) in [4.78, 5) is 2.41. The van der Waals surface area contributed by atoms with E-state index in [0.29, 0.717) is 11.6 Å². The molecule has 0 bridgehead atoms. The number of likely N-dealkylation sites (tertiary alicyclic amines) is 1. The lowest BCUT2D eigenvalue weighted by atomic mass is 9.94. The van der Waals surface area contributed by atoms with Gasteiger partial charge < -0.3 is 5.73 Å². The van der Waals surface area contributed by atoms with Gasteiger partial charge in [0.2, 0.25) is 0 Å². The van der Waals surface area contributed by atoms with E-state index >= 15 is 0 Å². The molecule has 2 rings (SSSR count). The van der Waals surface area contributed by atoms with E-state index < -0.39 is 17.7 Å². The van der Waals surface area contributed by atoms with Gasteiger partial charge in [-0.15, -0.1) is 0 Å². The van der Waals surface area contributed by atoms with Crippen LogP contribution in [-0.2, 0) is 0 Å². The molecule has 1 saturated heterocycles. The molecule has 2 unspecified atom stereocenters. The number of hydrogen-bond acceptors (Lipinski definition) is 2. The van der Waals surface area contributed by atoms with Crippen LogP contribution >= 0.6 is 12.2 Å². The van der Waals surface area contributed by atoms with E-state index in [1.54, 1.807) is 0 Å². The minimum absolute atomic E-state index is 0.246. The van der Waals surface area contributed by atoms with Crippen LogP contribution < -0.4 is 5.73 Å². The van der Waals surface area contributed by atoms with Gasteiger partial charge in [-0.25, -0.2) is 8.78 Å². The summed E-state index contributed by atoms with van der Waals surface area (Å²) >= 11 is 5.15. The lowest BCUT2D eigenvalue weighted by Gasteiger charge is -2.40. The predicted molar refractivity (Wildman–Crippen MR) is 80.5 cm³/mol. The third-order valence-electron chi connectivity index (χ3n) is 4.00. The van der Waals surface area contributed by atoms with Gasteiger partial charge in [0.25, 0.3) is 0 Å². The summed E-state index contributed by atoms with van der Waals surface area (Å²) in [6, 6.07) is 3.51. The molecule has 20 heavy (non-hydrogen) atoms. The number of piperidine rings is 1. The summed E-state index contributed by atoms with van der Waals surface area (Å²) < 4.78 is 27.1. The highest BCUT2D eigenvalue weighted by Gasteiger charge is 2.32. The molecular formula is C15H20F2N2S. The Hall–Kier alpha value is -1.07. The van der Waals surface area contributed by atoms with Gasteiger partial charge in [0.15, 0.2) is 0 Å². The summed E-state index contributed by atoms with van der Waals surface area (Å²) in [5.74, 6) is -1.16. The molecule has 2 atom stereocenters. The summed E-state index contributed by atoms with van der Waals surface area (Å²) in [6.07, 6.45) is 4.27. The predicted octanol–water partition coefficient (Wildman–Crippen LogP) is 3.56. The van der Waals surface area contributed by atoms with Crippen LogP contribution in [0.3, 0.4) is 0 Å². The normalized spacial score (nSPS) is 21.6. The summed E-state index contributed by atoms with van der Waals surface area (Å²) in [7, 11) is 0. The fraction of sp³-hybridized carbons (Fsp3) is 0.533. The first-order valence-electron chi connectivity index (χ1n) is 7.04. The van der Waals surface area contributed by atoms with Crippen molar-refractivity contribution in [2.45, 2.75) is 44.7 Å². The van der Waals surface area contributed by atoms with Crippen LogP contribution in [0.1, 0.15) is 44.2 Å². The molecule has 1 aromatic carbocycles. The number of rotatable bonds is 4. The Morgan fingerprint density at radius 1 is 1.45 bits per heavy atom. The Bertz CT molecular complexity index is 493. The highest BCUT2D eigenvalue weighted by molar-refractivity contribution is 7.80. The van der Waals surface area contributed by atoms with Crippen molar-refractivity contribution in [3.63, 3.8) is 0 Å². The van der Waals surface area contributed by atoms with Crippen LogP contribution in [0.25, 0.3) is 0 Å². The third kappa shape index (κ3) is 3.15. The topological polar surface area (TPSA) is 29.3 Å². The van der Waals surface area contributed by atoms with Crippen molar-refractivity contribution in [2.75, 3.05) is 6.54 Å². The van der Waals surface area contributed by atoms with Crippen molar-refractivity contribution < 1.29 is 8.78 Å². The van der Waals surface area contributed by atoms with E-state index in [1.807, 2.05) is 0 Å². The van der Waals surface area contributed by atoms with Crippen LogP contribution in [0.5, 0.6) is 0 Å². The van der Waals surface area contributed by atoms with Gasteiger partial charge in [-0.1, -0.05) is 31.6 Å². The average molecular weight is 298 g/mol. The first kappa shape index (κ1) is 15.3. The molecule has 0 spiro atoms. The Morgan fingerprint density at radius 3 is 2.80 bits per heavy atom. The van der Waals surface area contributed by atoms with Crippen molar-refractivity contribution in [1.29, 1.82) is 0 Å². The van der Waals surface area contributed by atoms with E-state index in [1.165, 1.54) is 18.6 Å². The minimum Gasteiger partial charge on any atom is -0.392 e. The highest BCUT2D eigenvalue weighted by atomic mass is 32.1. The average Bonchev–Trinajstić information content (AvgIpc) is 2.42. The molecule has 1 aliphatic rings. The molecule has 2 N–H and O–H groups in total. The maximum atomic E-state index is 14.1. The first-order chi connectivity index (χ1) is 9.54. The van der Waals surface area contributed by atoms with Crippen LogP contribution in [0.2, 0.25) is 0 Å². The van der Waals surface area contributed by atoms with E-state index in [-0.39, 0.29) is 4.99 Å². The Labute approximate surface area is 123 Å². The molecule has 2 nitrogen and oxygen atoms in total. The standard InChI is InChI=1S/C15H20F2N2S/c1-2-11-5-3-4-8-19(11)14(15(18)20)12-7-6-10(16)9-13(12)17/h6-7,9,11,14H,2-5,8H2,1H3,(H2,18,20). The molecule has 1 aromatic rings. The molecular weight excluding hydrogens is 278 g/mol. The molecule has 0 amide bonds. The first-order valence-corrected chi connectivity index (χ1v) is 7.45. The lowest BCUT2D eigenvalue weighted by Crippen LogP contribution is -2.46. The second kappa shape index (κ2) is 6.59. The zero-order chi connectivity index (χ0) is 14.7. The van der Waals surface area contributed by atoms with Crippen molar-refractivity contribution in [1.82, 2.24) is 4.90 Å². The molecule has 5 heteroatoms. The fourth-order valence-electron chi connectivity index (χ4n) is 3.02. The van der Waals surface area contributed by atoms with E-state index in [4.69, 9.17) is 18.0 Å². The summed E-state index contributed by atoms with van der Waals surface area (Å²) in [5, 5.41) is 0. The molecule has 1 fully saturated rings. The maximum absolute atomic E-state index is 14.1. The molecule has 0 aliphatic carbocycles. The minimum atomic E-state index is -0.585. The summed E-state index contributed by atoms with van der Waals surface area (Å²) in [5.41, 5.74) is 6.23. The van der Waals surface area contributed by atoms with Crippen LogP contribution in [-0.4, -0.2) is 22.5 Å². The number of benzene rings is 1. The zero-order valence-corrected chi connectivity index (χ0v) is 12.4. The van der Waals surface area contributed by atoms with Gasteiger partial charge in [0.1, 0.15) is 11.6 Å². The highest BCUT2D eigenvalue weighted by Crippen LogP contribution is 2.31. The number of nitrogens with two attached hydrogens (primary N) is 1. The number of hydrogen-bond donors (Lipinski definition) is 1. The second-order valence-corrected chi connectivity index (χ2v) is 5.74. The molecule has 0 radical (unpaired) electrons. The molecule has 1 heterocycles. The zero-order valence-electron chi connectivity index (χ0n) is 11.6. The van der Waals surface area contributed by atoms with E-state index in [2.05, 4.69) is 11.8 Å². The van der Waals surface area contributed by atoms with E-state index in [9.17, 15) is 8.78 Å². The van der Waals surface area contributed by atoms with Crippen molar-refractivity contribution in [3.05, 3.63) is 35.4 Å². The smallest absolute Gasteiger partial charge is 0.131 e. The molecule has 0 saturated carbocycles. The Balaban J connectivity index is 2.37. The summed E-state index contributed by atoms with van der Waals surface area (Å²) in [6.45, 7) is 2.96. The van der Waals surface area contributed by atoms with Gasteiger partial charge >= 0.3 is 0 Å². The van der Waals surface area contributed by atoms with Gasteiger partial charge in [-0.2, -0.15) is 0 Å². The molecule has 1 aliphatic heterocycles. The van der Waals surface area contributed by atoms with Gasteiger partial charge in [-0.05, 0) is 31.9 Å². The van der Waals surface area contributed by atoms with E-state index in [0.717, 1.165) is 31.9 Å². The Morgan fingerprint density at radius 2 is 2.20 bits per heavy atom. The third-order valence-corrected chi connectivity index (χ3v) is 4.23. The Kier molecular flexibility index (Phi) is 5.05. The lowest BCUT2D eigenvalue weighted by molar-refractivity contribution is 0.120. The number of halogens is 2. The van der Waals surface area contributed by atoms with Crippen LogP contribution in [0.4, 0.5) is 8.78 Å². The van der Waals surface area contributed by atoms with Crippen molar-refractivity contribution in [2.24, 2.45) is 5.73 Å². The van der Waals surface area contributed by atoms with Crippen LogP contribution in [0.15, 0.2) is 18.2 Å². The van der Waals surface area contributed by atoms with Gasteiger partial charge in [0, 0.05) is 17.7 Å². The number of nitrogens with zero attached hydrogens (tertiary/aromatic N) is 1. The largest absolute Gasteiger partial charge is 0.392 e. The fourth-order valence-corrected chi connectivity index (χ4v) is 3.28. The van der Waals surface area contributed by atoms with Gasteiger partial charge in [-0.3, -0.25) is 4.90 Å². The SMILES string of the molecule is CCC1CCCCN1C(C(N)=S)c1ccc(F)cc1F. The quantitative estimate of drug-likeness (QED) is 0.862. The maximum Gasteiger partial charge on any atom is 0.131 e. The second-order valence-electron chi connectivity index (χ2n) is 5.27. The molecule has 0 aromatic heterocycles. The monoisotopic (exact) mass is 298 g/mol. The van der Waals surface area contributed by atoms with Gasteiger partial charge in [0.05, 0.1) is 11.0 Å². The van der Waals surface area contributed by atoms with Crippen LogP contribution in [0, 0.1) is 11.6 Å². The molecule has 110 valence electrons. The number of thiocarbonyl (C=S) groups is 1.